The lowest BCUT2D eigenvalue weighted by Gasteiger charge is -2.19. The monoisotopic (exact) mass is 516 g/mol. The molecule has 0 fully saturated rings. The Bertz CT molecular complexity index is 1550. The van der Waals surface area contributed by atoms with Crippen LogP contribution in [0.3, 0.4) is 0 Å². The van der Waals surface area contributed by atoms with Gasteiger partial charge >= 0.3 is 12.1 Å². The molecule has 0 unspecified atom stereocenters. The van der Waals surface area contributed by atoms with Gasteiger partial charge in [-0.3, -0.25) is 4.72 Å². The van der Waals surface area contributed by atoms with Crippen molar-refractivity contribution in [1.29, 1.82) is 0 Å². The Morgan fingerprint density at radius 3 is 2.00 bits per heavy atom. The molecule has 6 nitrogen and oxygen atoms in total. The molecular formula is C26H23F3N2O4S. The third kappa shape index (κ3) is 4.94. The number of rotatable bonds is 5. The normalized spacial score (nSPS) is 12.6. The molecule has 10 heteroatoms. The Labute approximate surface area is 205 Å². The molecule has 1 heterocycles. The van der Waals surface area contributed by atoms with Crippen LogP contribution < -0.4 is 4.72 Å². The van der Waals surface area contributed by atoms with Gasteiger partial charge in [0.1, 0.15) is 5.69 Å². The predicted octanol–water partition coefficient (Wildman–Crippen LogP) is 6.65. The fourth-order valence-electron chi connectivity index (χ4n) is 3.89. The van der Waals surface area contributed by atoms with E-state index in [1.807, 2.05) is 20.8 Å². The molecule has 0 saturated heterocycles. The van der Waals surface area contributed by atoms with Crippen LogP contribution >= 0.6 is 0 Å². The topological polar surface area (TPSA) is 99.3 Å². The fraction of sp³-hybridized carbons (Fsp3) is 0.192. The minimum Gasteiger partial charge on any atom is -0.477 e. The van der Waals surface area contributed by atoms with Crippen molar-refractivity contribution in [2.75, 3.05) is 4.72 Å². The number of sulfonamides is 1. The molecule has 4 aromatic rings. The second-order valence-electron chi connectivity index (χ2n) is 9.40. The smallest absolute Gasteiger partial charge is 0.416 e. The van der Waals surface area contributed by atoms with Gasteiger partial charge in [-0.1, -0.05) is 45.0 Å². The Balaban J connectivity index is 1.75. The molecule has 0 atom stereocenters. The summed E-state index contributed by atoms with van der Waals surface area (Å²) in [5.41, 5.74) is 0.692. The van der Waals surface area contributed by atoms with Gasteiger partial charge in [-0.05, 0) is 59.0 Å². The van der Waals surface area contributed by atoms with E-state index in [2.05, 4.69) is 9.71 Å². The van der Waals surface area contributed by atoms with Crippen LogP contribution in [0.5, 0.6) is 0 Å². The minimum absolute atomic E-state index is 0.0545. The second kappa shape index (κ2) is 8.70. The number of H-pyrrole nitrogens is 1. The van der Waals surface area contributed by atoms with Crippen LogP contribution in [0.1, 0.15) is 42.4 Å². The van der Waals surface area contributed by atoms with Crippen molar-refractivity contribution in [2.24, 2.45) is 0 Å². The third-order valence-corrected chi connectivity index (χ3v) is 7.19. The molecule has 36 heavy (non-hydrogen) atoms. The molecule has 0 amide bonds. The molecule has 0 aliphatic rings. The summed E-state index contributed by atoms with van der Waals surface area (Å²) in [5, 5.41) is 10.0. The van der Waals surface area contributed by atoms with Gasteiger partial charge in [0.25, 0.3) is 10.0 Å². The zero-order valence-corrected chi connectivity index (χ0v) is 20.4. The summed E-state index contributed by atoms with van der Waals surface area (Å²) in [6.07, 6.45) is -4.54. The van der Waals surface area contributed by atoms with Gasteiger partial charge in [0.2, 0.25) is 0 Å². The minimum atomic E-state index is -4.54. The van der Waals surface area contributed by atoms with Crippen LogP contribution in [0.2, 0.25) is 0 Å². The highest BCUT2D eigenvalue weighted by atomic mass is 32.2. The number of hydrogen-bond donors (Lipinski definition) is 3. The number of aromatic carboxylic acids is 1. The van der Waals surface area contributed by atoms with Crippen molar-refractivity contribution in [1.82, 2.24) is 4.98 Å². The van der Waals surface area contributed by atoms with Crippen molar-refractivity contribution in [2.45, 2.75) is 37.3 Å². The molecular weight excluding hydrogens is 493 g/mol. The molecule has 3 aromatic carbocycles. The maximum Gasteiger partial charge on any atom is 0.416 e. The maximum absolute atomic E-state index is 13.0. The second-order valence-corrected chi connectivity index (χ2v) is 11.1. The van der Waals surface area contributed by atoms with Crippen LogP contribution in [0, 0.1) is 0 Å². The van der Waals surface area contributed by atoms with Crippen LogP contribution in [-0.2, 0) is 21.6 Å². The lowest BCUT2D eigenvalue weighted by atomic mass is 9.87. The van der Waals surface area contributed by atoms with Crippen LogP contribution in [0.25, 0.3) is 22.0 Å². The van der Waals surface area contributed by atoms with Gasteiger partial charge in [-0.15, -0.1) is 0 Å². The van der Waals surface area contributed by atoms with Gasteiger partial charge in [-0.2, -0.15) is 13.2 Å². The van der Waals surface area contributed by atoms with E-state index < -0.39 is 27.7 Å². The van der Waals surface area contributed by atoms with Gasteiger partial charge in [0, 0.05) is 22.2 Å². The number of benzene rings is 3. The molecule has 0 aliphatic heterocycles. The van der Waals surface area contributed by atoms with Crippen molar-refractivity contribution in [3.8, 4) is 11.1 Å². The summed E-state index contributed by atoms with van der Waals surface area (Å²) in [7, 11) is -3.95. The Hall–Kier alpha value is -3.79. The number of alkyl halides is 3. The van der Waals surface area contributed by atoms with E-state index in [1.165, 1.54) is 42.5 Å². The third-order valence-electron chi connectivity index (χ3n) is 5.80. The molecule has 4 rings (SSSR count). The fourth-order valence-corrected chi connectivity index (χ4v) is 4.94. The standard InChI is InChI=1S/C26H23F3N2O4S/c1-25(2,3)16-8-11-19(12-9-16)36(34,35)31-18-10-13-21-20(14-18)22(23(30-21)24(32)33)15-4-6-17(7-5-15)26(27,28)29/h4-14,30-31H,1-3H3,(H,32,33). The zero-order chi connectivity index (χ0) is 26.5. The average Bonchev–Trinajstić information content (AvgIpc) is 3.17. The number of carbonyl (C=O) groups is 1. The number of aromatic amines is 1. The van der Waals surface area contributed by atoms with E-state index in [1.54, 1.807) is 12.1 Å². The SMILES string of the molecule is CC(C)(C)c1ccc(S(=O)(=O)Nc2ccc3[nH]c(C(=O)O)c(-c4ccc(C(F)(F)F)cc4)c3c2)cc1. The molecule has 1 aromatic heterocycles. The number of carboxylic acids is 1. The van der Waals surface area contributed by atoms with Crippen LogP contribution in [0.4, 0.5) is 18.9 Å². The molecule has 0 spiro atoms. The summed E-state index contributed by atoms with van der Waals surface area (Å²) in [5.74, 6) is -1.30. The quantitative estimate of drug-likeness (QED) is 0.277. The van der Waals surface area contributed by atoms with E-state index in [0.717, 1.165) is 17.7 Å². The van der Waals surface area contributed by atoms with E-state index in [9.17, 15) is 31.5 Å². The first-order valence-electron chi connectivity index (χ1n) is 10.9. The summed E-state index contributed by atoms with van der Waals surface area (Å²) in [6.45, 7) is 6.04. The first-order valence-corrected chi connectivity index (χ1v) is 12.4. The lowest BCUT2D eigenvalue weighted by Crippen LogP contribution is -2.14. The Morgan fingerprint density at radius 1 is 0.889 bits per heavy atom. The molecule has 0 aliphatic carbocycles. The number of fused-ring (bicyclic) bond motifs is 1. The Kier molecular flexibility index (Phi) is 6.12. The summed E-state index contributed by atoms with van der Waals surface area (Å²) in [6, 6.07) is 15.0. The highest BCUT2D eigenvalue weighted by Gasteiger charge is 2.30. The number of hydrogen-bond acceptors (Lipinski definition) is 3. The van der Waals surface area contributed by atoms with E-state index >= 15 is 0 Å². The van der Waals surface area contributed by atoms with Gasteiger partial charge < -0.3 is 10.1 Å². The largest absolute Gasteiger partial charge is 0.477 e. The van der Waals surface area contributed by atoms with Gasteiger partial charge in [-0.25, -0.2) is 13.2 Å². The highest BCUT2D eigenvalue weighted by Crippen LogP contribution is 2.37. The number of nitrogens with one attached hydrogen (secondary N) is 2. The van der Waals surface area contributed by atoms with E-state index in [-0.39, 0.29) is 32.8 Å². The lowest BCUT2D eigenvalue weighted by molar-refractivity contribution is -0.137. The predicted molar refractivity (Wildman–Crippen MR) is 132 cm³/mol. The molecule has 0 bridgehead atoms. The Morgan fingerprint density at radius 2 is 1.47 bits per heavy atom. The highest BCUT2D eigenvalue weighted by molar-refractivity contribution is 7.92. The summed E-state index contributed by atoms with van der Waals surface area (Å²) < 4.78 is 67.4. The number of halogens is 3. The van der Waals surface area contributed by atoms with Gasteiger partial charge in [0.15, 0.2) is 0 Å². The maximum atomic E-state index is 13.0. The first kappa shape index (κ1) is 25.3. The van der Waals surface area contributed by atoms with Crippen LogP contribution in [-0.4, -0.2) is 24.5 Å². The van der Waals surface area contributed by atoms with Crippen molar-refractivity contribution in [3.05, 3.63) is 83.6 Å². The van der Waals surface area contributed by atoms with E-state index in [0.29, 0.717) is 10.9 Å². The summed E-state index contributed by atoms with van der Waals surface area (Å²) in [4.78, 5) is 14.7. The van der Waals surface area contributed by atoms with Crippen LogP contribution in [0.15, 0.2) is 71.6 Å². The van der Waals surface area contributed by atoms with Gasteiger partial charge in [0.05, 0.1) is 10.5 Å². The average molecular weight is 517 g/mol. The molecule has 3 N–H and O–H groups in total. The molecule has 0 saturated carbocycles. The number of anilines is 1. The van der Waals surface area contributed by atoms with Crippen molar-refractivity contribution in [3.63, 3.8) is 0 Å². The van der Waals surface area contributed by atoms with Crippen molar-refractivity contribution < 1.29 is 31.5 Å². The van der Waals surface area contributed by atoms with E-state index in [4.69, 9.17) is 0 Å². The molecule has 0 radical (unpaired) electrons. The van der Waals surface area contributed by atoms with Crippen molar-refractivity contribution >= 4 is 32.6 Å². The summed E-state index contributed by atoms with van der Waals surface area (Å²) >= 11 is 0. The zero-order valence-electron chi connectivity index (χ0n) is 19.6. The number of aromatic nitrogens is 1. The first-order chi connectivity index (χ1) is 16.7. The number of carboxylic acid groups (broad SMARTS) is 1. The molecule has 188 valence electrons.